The van der Waals surface area contributed by atoms with Crippen molar-refractivity contribution in [2.75, 3.05) is 38.0 Å². The van der Waals surface area contributed by atoms with Gasteiger partial charge in [0.15, 0.2) is 0 Å². The van der Waals surface area contributed by atoms with E-state index in [9.17, 15) is 9.59 Å². The first-order valence-corrected chi connectivity index (χ1v) is 11.0. The van der Waals surface area contributed by atoms with Crippen LogP contribution in [-0.2, 0) is 9.59 Å². The Labute approximate surface area is 179 Å². The third-order valence-corrected chi connectivity index (χ3v) is 6.34. The van der Waals surface area contributed by atoms with E-state index in [-0.39, 0.29) is 17.9 Å². The molecule has 1 aromatic rings. The molecule has 2 fully saturated rings. The number of hydrogen-bond donors (Lipinski definition) is 2. The number of hydrogen-bond acceptors (Lipinski definition) is 5. The van der Waals surface area contributed by atoms with E-state index in [1.54, 1.807) is 24.3 Å². The van der Waals surface area contributed by atoms with Crippen LogP contribution in [0, 0.1) is 17.2 Å². The van der Waals surface area contributed by atoms with Gasteiger partial charge in [-0.3, -0.25) is 19.4 Å². The van der Waals surface area contributed by atoms with E-state index in [4.69, 9.17) is 5.26 Å². The van der Waals surface area contributed by atoms with Crippen molar-refractivity contribution in [1.82, 2.24) is 15.1 Å². The van der Waals surface area contributed by atoms with Crippen LogP contribution < -0.4 is 10.6 Å². The van der Waals surface area contributed by atoms with Crippen LogP contribution in [0.25, 0.3) is 0 Å². The summed E-state index contributed by atoms with van der Waals surface area (Å²) in [5.74, 6) is 0.815. The van der Waals surface area contributed by atoms with Crippen molar-refractivity contribution in [2.24, 2.45) is 5.92 Å². The molecule has 2 aliphatic rings. The second-order valence-corrected chi connectivity index (χ2v) is 8.69. The molecule has 1 aliphatic carbocycles. The Morgan fingerprint density at radius 3 is 2.53 bits per heavy atom. The van der Waals surface area contributed by atoms with Gasteiger partial charge < -0.3 is 10.6 Å². The van der Waals surface area contributed by atoms with E-state index < -0.39 is 0 Å². The first-order chi connectivity index (χ1) is 14.4. The number of anilines is 1. The summed E-state index contributed by atoms with van der Waals surface area (Å²) < 4.78 is 0. The summed E-state index contributed by atoms with van der Waals surface area (Å²) in [5, 5.41) is 15.1. The van der Waals surface area contributed by atoms with Crippen molar-refractivity contribution in [3.05, 3.63) is 29.8 Å². The van der Waals surface area contributed by atoms with Gasteiger partial charge in [-0.25, -0.2) is 0 Å². The predicted molar refractivity (Wildman–Crippen MR) is 117 cm³/mol. The molecule has 1 saturated carbocycles. The summed E-state index contributed by atoms with van der Waals surface area (Å²) in [6, 6.07) is 9.08. The fourth-order valence-corrected chi connectivity index (χ4v) is 4.27. The van der Waals surface area contributed by atoms with Crippen LogP contribution in [0.4, 0.5) is 5.69 Å². The Hall–Kier alpha value is -2.43. The zero-order valence-electron chi connectivity index (χ0n) is 18.1. The molecule has 162 valence electrons. The lowest BCUT2D eigenvalue weighted by atomic mass is 9.87. The maximum absolute atomic E-state index is 12.6. The maximum atomic E-state index is 12.6. The molecule has 0 spiro atoms. The third kappa shape index (κ3) is 6.28. The van der Waals surface area contributed by atoms with Gasteiger partial charge in [0.2, 0.25) is 11.8 Å². The number of nitrogens with zero attached hydrogens (tertiary/aromatic N) is 3. The van der Waals surface area contributed by atoms with Crippen LogP contribution in [-0.4, -0.2) is 66.4 Å². The lowest BCUT2D eigenvalue weighted by molar-refractivity contribution is -0.125. The standard InChI is InChI=1S/C23H33N5O2/c1-17-6-8-20(9-7-17)25-22(29)16-27-10-12-28(13-11-27)18(2)23(30)26-21-5-3-4-19(14-21)15-24/h3-5,14,17-18,20H,6-13,16H2,1-2H3,(H,25,29)(H,26,30). The molecule has 1 unspecified atom stereocenters. The highest BCUT2D eigenvalue weighted by molar-refractivity contribution is 5.94. The number of nitriles is 1. The van der Waals surface area contributed by atoms with Crippen LogP contribution in [0.1, 0.15) is 45.1 Å². The van der Waals surface area contributed by atoms with E-state index >= 15 is 0 Å². The van der Waals surface area contributed by atoms with Crippen LogP contribution in [0.2, 0.25) is 0 Å². The summed E-state index contributed by atoms with van der Waals surface area (Å²) in [6.07, 6.45) is 4.57. The predicted octanol–water partition coefficient (Wildman–Crippen LogP) is 2.20. The average molecular weight is 412 g/mol. The molecule has 1 aromatic carbocycles. The molecule has 3 rings (SSSR count). The van der Waals surface area contributed by atoms with E-state index in [0.29, 0.717) is 23.8 Å². The quantitative estimate of drug-likeness (QED) is 0.749. The summed E-state index contributed by atoms with van der Waals surface area (Å²) in [7, 11) is 0. The number of rotatable bonds is 6. The molecule has 2 N–H and O–H groups in total. The molecule has 1 atom stereocenters. The number of amides is 2. The monoisotopic (exact) mass is 411 g/mol. The fourth-order valence-electron chi connectivity index (χ4n) is 4.27. The van der Waals surface area contributed by atoms with Crippen LogP contribution in [0.3, 0.4) is 0 Å². The largest absolute Gasteiger partial charge is 0.352 e. The van der Waals surface area contributed by atoms with E-state index in [2.05, 4.69) is 33.4 Å². The number of benzene rings is 1. The van der Waals surface area contributed by atoms with Gasteiger partial charge in [-0.2, -0.15) is 5.26 Å². The Kier molecular flexibility index (Phi) is 7.83. The molecule has 7 nitrogen and oxygen atoms in total. The van der Waals surface area contributed by atoms with E-state index in [0.717, 1.165) is 44.9 Å². The van der Waals surface area contributed by atoms with Crippen molar-refractivity contribution in [3.8, 4) is 6.07 Å². The summed E-state index contributed by atoms with van der Waals surface area (Å²) in [5.41, 5.74) is 1.16. The number of nitrogens with one attached hydrogen (secondary N) is 2. The highest BCUT2D eigenvalue weighted by atomic mass is 16.2. The fraction of sp³-hybridized carbons (Fsp3) is 0.609. The van der Waals surface area contributed by atoms with Gasteiger partial charge in [-0.05, 0) is 56.7 Å². The van der Waals surface area contributed by atoms with Crippen molar-refractivity contribution >= 4 is 17.5 Å². The Balaban J connectivity index is 1.40. The summed E-state index contributed by atoms with van der Waals surface area (Å²) in [4.78, 5) is 29.3. The Morgan fingerprint density at radius 1 is 1.17 bits per heavy atom. The molecule has 0 bridgehead atoms. The zero-order valence-corrected chi connectivity index (χ0v) is 18.1. The summed E-state index contributed by atoms with van der Waals surface area (Å²) in [6.45, 7) is 7.66. The van der Waals surface area contributed by atoms with Gasteiger partial charge in [0.1, 0.15) is 0 Å². The Bertz CT molecular complexity index is 774. The second kappa shape index (κ2) is 10.6. The molecule has 0 aromatic heterocycles. The molecule has 1 aliphatic heterocycles. The number of carbonyl (C=O) groups excluding carboxylic acids is 2. The molecule has 0 radical (unpaired) electrons. The van der Waals surface area contributed by atoms with E-state index in [1.165, 1.54) is 12.8 Å². The van der Waals surface area contributed by atoms with Gasteiger partial charge in [-0.1, -0.05) is 13.0 Å². The van der Waals surface area contributed by atoms with Crippen LogP contribution >= 0.6 is 0 Å². The van der Waals surface area contributed by atoms with Gasteiger partial charge in [0.25, 0.3) is 0 Å². The normalized spacial score (nSPS) is 23.9. The molecule has 1 saturated heterocycles. The van der Waals surface area contributed by atoms with Crippen molar-refractivity contribution in [3.63, 3.8) is 0 Å². The average Bonchev–Trinajstić information content (AvgIpc) is 2.75. The van der Waals surface area contributed by atoms with Crippen molar-refractivity contribution in [1.29, 1.82) is 5.26 Å². The molecule has 7 heteroatoms. The molecule has 30 heavy (non-hydrogen) atoms. The minimum atomic E-state index is -0.268. The number of piperazine rings is 1. The lowest BCUT2D eigenvalue weighted by Crippen LogP contribution is -2.54. The first kappa shape index (κ1) is 22.3. The topological polar surface area (TPSA) is 88.5 Å². The minimum absolute atomic E-state index is 0.0807. The first-order valence-electron chi connectivity index (χ1n) is 11.0. The smallest absolute Gasteiger partial charge is 0.241 e. The van der Waals surface area contributed by atoms with Crippen molar-refractivity contribution in [2.45, 2.75) is 51.6 Å². The summed E-state index contributed by atoms with van der Waals surface area (Å²) >= 11 is 0. The van der Waals surface area contributed by atoms with Gasteiger partial charge >= 0.3 is 0 Å². The maximum Gasteiger partial charge on any atom is 0.241 e. The molecular weight excluding hydrogens is 378 g/mol. The van der Waals surface area contributed by atoms with Crippen molar-refractivity contribution < 1.29 is 9.59 Å². The minimum Gasteiger partial charge on any atom is -0.352 e. The lowest BCUT2D eigenvalue weighted by Gasteiger charge is -2.37. The van der Waals surface area contributed by atoms with Gasteiger partial charge in [0, 0.05) is 37.9 Å². The third-order valence-electron chi connectivity index (χ3n) is 6.34. The Morgan fingerprint density at radius 2 is 1.87 bits per heavy atom. The molecular formula is C23H33N5O2. The SMILES string of the molecule is CC1CCC(NC(=O)CN2CCN(C(C)C(=O)Nc3cccc(C#N)c3)CC2)CC1. The highest BCUT2D eigenvalue weighted by Gasteiger charge is 2.27. The van der Waals surface area contributed by atoms with Crippen LogP contribution in [0.15, 0.2) is 24.3 Å². The molecule has 1 heterocycles. The van der Waals surface area contributed by atoms with E-state index in [1.807, 2.05) is 6.92 Å². The van der Waals surface area contributed by atoms with Gasteiger partial charge in [0.05, 0.1) is 24.2 Å². The van der Waals surface area contributed by atoms with Crippen LogP contribution in [0.5, 0.6) is 0 Å². The zero-order chi connectivity index (χ0) is 21.5. The second-order valence-electron chi connectivity index (χ2n) is 8.69. The van der Waals surface area contributed by atoms with Gasteiger partial charge in [-0.15, -0.1) is 0 Å². The highest BCUT2D eigenvalue weighted by Crippen LogP contribution is 2.23. The molecule has 2 amide bonds. The number of carbonyl (C=O) groups is 2.